The number of piperazine rings is 1. The Morgan fingerprint density at radius 3 is 1.15 bits per heavy atom. The van der Waals surface area contributed by atoms with E-state index >= 15 is 0 Å². The lowest BCUT2D eigenvalue weighted by molar-refractivity contribution is -0.248. The fraction of sp³-hybridized carbons (Fsp3) is 0.118. The molecular formula is C34H26N2O4. The first-order valence-electron chi connectivity index (χ1n) is 13.3. The van der Waals surface area contributed by atoms with Crippen LogP contribution in [0.1, 0.15) is 22.3 Å². The second-order valence-electron chi connectivity index (χ2n) is 10.1. The number of carbonyl (C=O) groups is 2. The van der Waals surface area contributed by atoms with E-state index in [1.165, 1.54) is 12.2 Å². The van der Waals surface area contributed by atoms with Crippen LogP contribution in [0.25, 0.3) is 11.5 Å². The second kappa shape index (κ2) is 9.27. The third kappa shape index (κ3) is 3.72. The summed E-state index contributed by atoms with van der Waals surface area (Å²) >= 11 is 0. The number of ether oxygens (including phenoxy) is 2. The van der Waals surface area contributed by atoms with Gasteiger partial charge in [-0.2, -0.15) is 0 Å². The first kappa shape index (κ1) is 24.0. The van der Waals surface area contributed by atoms with Crippen LogP contribution in [0.5, 0.6) is 0 Å². The Kier molecular flexibility index (Phi) is 5.56. The number of benzene rings is 4. The Hall–Kier alpha value is -5.10. The van der Waals surface area contributed by atoms with Gasteiger partial charge < -0.3 is 9.47 Å². The Bertz CT molecular complexity index is 1510. The monoisotopic (exact) mass is 526 g/mol. The number of hydrogen-bond acceptors (Lipinski definition) is 4. The summed E-state index contributed by atoms with van der Waals surface area (Å²) in [5.41, 5.74) is 0.618. The van der Waals surface area contributed by atoms with E-state index in [4.69, 9.17) is 9.47 Å². The van der Waals surface area contributed by atoms with Gasteiger partial charge in [-0.05, 0) is 0 Å². The number of fused-ring (bicyclic) bond motifs is 2. The van der Waals surface area contributed by atoms with Crippen molar-refractivity contribution in [1.82, 2.24) is 9.80 Å². The highest BCUT2D eigenvalue weighted by Gasteiger charge is 2.62. The summed E-state index contributed by atoms with van der Waals surface area (Å²) in [6.07, 6.45) is 3.06. The van der Waals surface area contributed by atoms with Crippen molar-refractivity contribution < 1.29 is 19.1 Å². The molecule has 3 aliphatic heterocycles. The van der Waals surface area contributed by atoms with Gasteiger partial charge in [-0.15, -0.1) is 0 Å². The van der Waals surface area contributed by atoms with Crippen LogP contribution in [-0.2, 0) is 30.5 Å². The van der Waals surface area contributed by atoms with E-state index in [1.807, 2.05) is 121 Å². The minimum absolute atomic E-state index is 0.0687. The number of amides is 2. The largest absolute Gasteiger partial charge is 0.461 e. The molecule has 4 aromatic rings. The number of hydrogen-bond donors (Lipinski definition) is 0. The molecule has 6 heteroatoms. The van der Waals surface area contributed by atoms with Crippen LogP contribution in [0.15, 0.2) is 133 Å². The zero-order chi connectivity index (χ0) is 27.2. The highest BCUT2D eigenvalue weighted by molar-refractivity contribution is 5.98. The van der Waals surface area contributed by atoms with Gasteiger partial charge in [0.2, 0.25) is 11.4 Å². The maximum Gasteiger partial charge on any atom is 0.253 e. The van der Waals surface area contributed by atoms with Crippen molar-refractivity contribution in [2.24, 2.45) is 0 Å². The molecule has 0 aliphatic carbocycles. The van der Waals surface area contributed by atoms with Gasteiger partial charge in [0, 0.05) is 34.4 Å². The van der Waals surface area contributed by atoms with Crippen LogP contribution in [0.2, 0.25) is 0 Å². The first-order chi connectivity index (χ1) is 19.6. The molecule has 0 spiro atoms. The van der Waals surface area contributed by atoms with Gasteiger partial charge in [0.25, 0.3) is 11.8 Å². The molecule has 196 valence electrons. The van der Waals surface area contributed by atoms with Gasteiger partial charge in [-0.25, -0.2) is 0 Å². The Morgan fingerprint density at radius 2 is 0.800 bits per heavy atom. The average Bonchev–Trinajstić information content (AvgIpc) is 3.02. The quantitative estimate of drug-likeness (QED) is 0.352. The zero-order valence-electron chi connectivity index (χ0n) is 21.6. The van der Waals surface area contributed by atoms with Crippen LogP contribution in [0.4, 0.5) is 0 Å². The first-order valence-corrected chi connectivity index (χ1v) is 13.3. The van der Waals surface area contributed by atoms with E-state index in [0.29, 0.717) is 11.5 Å². The summed E-state index contributed by atoms with van der Waals surface area (Å²) in [5.74, 6) is 0.499. The highest BCUT2D eigenvalue weighted by atomic mass is 16.5. The molecule has 7 rings (SSSR count). The molecule has 0 saturated carbocycles. The molecule has 0 N–H and O–H groups in total. The van der Waals surface area contributed by atoms with Gasteiger partial charge in [0.05, 0.1) is 13.1 Å². The molecule has 2 atom stereocenters. The van der Waals surface area contributed by atoms with Crippen LogP contribution >= 0.6 is 0 Å². The molecule has 2 amide bonds. The molecule has 6 nitrogen and oxygen atoms in total. The zero-order valence-corrected chi connectivity index (χ0v) is 21.6. The van der Waals surface area contributed by atoms with Gasteiger partial charge in [0.1, 0.15) is 11.5 Å². The van der Waals surface area contributed by atoms with E-state index in [0.717, 1.165) is 22.3 Å². The van der Waals surface area contributed by atoms with Crippen LogP contribution in [-0.4, -0.2) is 34.7 Å². The molecule has 1 saturated heterocycles. The summed E-state index contributed by atoms with van der Waals surface area (Å²) in [5, 5.41) is 0. The predicted molar refractivity (Wildman–Crippen MR) is 151 cm³/mol. The van der Waals surface area contributed by atoms with Crippen molar-refractivity contribution in [2.45, 2.75) is 11.4 Å². The Morgan fingerprint density at radius 1 is 0.475 bits per heavy atom. The van der Waals surface area contributed by atoms with E-state index in [2.05, 4.69) is 0 Å². The maximum atomic E-state index is 14.1. The SMILES string of the molecule is O=C1C=C(c2ccccc2)OC2(c3ccccc3)CN3C(=O)C=C(c4ccccc4)OC3(c3ccccc3)CN12. The average molecular weight is 527 g/mol. The van der Waals surface area contributed by atoms with Crippen LogP contribution in [0, 0.1) is 0 Å². The lowest BCUT2D eigenvalue weighted by Gasteiger charge is -2.59. The number of nitrogens with zero attached hydrogens (tertiary/aromatic N) is 2. The molecule has 0 aromatic heterocycles. The van der Waals surface area contributed by atoms with Gasteiger partial charge in [-0.1, -0.05) is 121 Å². The van der Waals surface area contributed by atoms with Crippen molar-refractivity contribution in [3.05, 3.63) is 156 Å². The van der Waals surface area contributed by atoms with Crippen molar-refractivity contribution >= 4 is 23.3 Å². The summed E-state index contributed by atoms with van der Waals surface area (Å²) in [4.78, 5) is 31.6. The predicted octanol–water partition coefficient (Wildman–Crippen LogP) is 5.51. The third-order valence-electron chi connectivity index (χ3n) is 7.78. The minimum Gasteiger partial charge on any atom is -0.461 e. The molecule has 2 unspecified atom stereocenters. The van der Waals surface area contributed by atoms with E-state index in [1.54, 1.807) is 9.80 Å². The number of carbonyl (C=O) groups excluding carboxylic acids is 2. The van der Waals surface area contributed by atoms with Crippen molar-refractivity contribution in [1.29, 1.82) is 0 Å². The molecule has 3 aliphatic rings. The van der Waals surface area contributed by atoms with Crippen LogP contribution in [0.3, 0.4) is 0 Å². The van der Waals surface area contributed by atoms with Gasteiger partial charge in [0.15, 0.2) is 0 Å². The standard InChI is InChI=1S/C34H26N2O4/c37-31-21-29(25-13-5-1-6-14-25)39-33(27-17-9-3-10-18-27)23-36-32(38)22-30(26-15-7-2-8-16-26)40-34(36,24-35(31)33)28-19-11-4-12-20-28/h1-22H,23-24H2. The van der Waals surface area contributed by atoms with Crippen LogP contribution < -0.4 is 0 Å². The Labute approximate surface area is 232 Å². The van der Waals surface area contributed by atoms with Gasteiger partial charge in [-0.3, -0.25) is 19.4 Å². The molecule has 1 fully saturated rings. The van der Waals surface area contributed by atoms with Gasteiger partial charge >= 0.3 is 0 Å². The fourth-order valence-corrected chi connectivity index (χ4v) is 5.84. The Balaban J connectivity index is 1.42. The van der Waals surface area contributed by atoms with Crippen molar-refractivity contribution in [3.8, 4) is 0 Å². The second-order valence-corrected chi connectivity index (χ2v) is 10.1. The highest BCUT2D eigenvalue weighted by Crippen LogP contribution is 2.50. The maximum absolute atomic E-state index is 14.1. The summed E-state index contributed by atoms with van der Waals surface area (Å²) < 4.78 is 13.6. The minimum atomic E-state index is -1.26. The van der Waals surface area contributed by atoms with E-state index < -0.39 is 11.4 Å². The van der Waals surface area contributed by atoms with E-state index in [-0.39, 0.29) is 24.9 Å². The van der Waals surface area contributed by atoms with Crippen molar-refractivity contribution in [3.63, 3.8) is 0 Å². The molecule has 40 heavy (non-hydrogen) atoms. The number of rotatable bonds is 4. The lowest BCUT2D eigenvalue weighted by Crippen LogP contribution is -2.73. The molecule has 0 bridgehead atoms. The smallest absolute Gasteiger partial charge is 0.253 e. The topological polar surface area (TPSA) is 59.1 Å². The molecule has 3 heterocycles. The fourth-order valence-electron chi connectivity index (χ4n) is 5.84. The summed E-state index contributed by atoms with van der Waals surface area (Å²) in [6, 6.07) is 38.4. The van der Waals surface area contributed by atoms with E-state index in [9.17, 15) is 9.59 Å². The lowest BCUT2D eigenvalue weighted by atomic mass is 9.87. The molecule has 4 aromatic carbocycles. The normalized spacial score (nSPS) is 23.7. The third-order valence-corrected chi connectivity index (χ3v) is 7.78. The summed E-state index contributed by atoms with van der Waals surface area (Å²) in [7, 11) is 0. The summed E-state index contributed by atoms with van der Waals surface area (Å²) in [6.45, 7) is 0.137. The molecular weight excluding hydrogens is 500 g/mol. The van der Waals surface area contributed by atoms with Crippen molar-refractivity contribution in [2.75, 3.05) is 13.1 Å². The molecule has 0 radical (unpaired) electrons.